The lowest BCUT2D eigenvalue weighted by Gasteiger charge is -2.08. The summed E-state index contributed by atoms with van der Waals surface area (Å²) in [6.45, 7) is 2.67. The molecule has 0 unspecified atom stereocenters. The van der Waals surface area contributed by atoms with Crippen molar-refractivity contribution in [1.29, 1.82) is 0 Å². The van der Waals surface area contributed by atoms with Crippen LogP contribution in [0.5, 0.6) is 5.75 Å². The first-order valence-electron chi connectivity index (χ1n) is 9.98. The first-order chi connectivity index (χ1) is 14.0. The molecule has 2 amide bonds. The van der Waals surface area contributed by atoms with E-state index in [0.717, 1.165) is 59.5 Å². The summed E-state index contributed by atoms with van der Waals surface area (Å²) in [5.41, 5.74) is 0.871. The van der Waals surface area contributed by atoms with Gasteiger partial charge in [-0.05, 0) is 78.1 Å². The molecule has 1 fully saturated rings. The molecule has 3 rings (SSSR count). The van der Waals surface area contributed by atoms with Gasteiger partial charge in [0.1, 0.15) is 11.5 Å². The van der Waals surface area contributed by atoms with Gasteiger partial charge in [-0.2, -0.15) is 0 Å². The van der Waals surface area contributed by atoms with Crippen LogP contribution < -0.4 is 10.1 Å². The van der Waals surface area contributed by atoms with E-state index in [9.17, 15) is 14.4 Å². The fourth-order valence-electron chi connectivity index (χ4n) is 3.19. The molecule has 2 aromatic rings. The largest absolute Gasteiger partial charge is 0.494 e. The van der Waals surface area contributed by atoms with Crippen molar-refractivity contribution in [3.63, 3.8) is 0 Å². The summed E-state index contributed by atoms with van der Waals surface area (Å²) >= 11 is 0.918. The van der Waals surface area contributed by atoms with E-state index < -0.39 is 0 Å². The van der Waals surface area contributed by atoms with Crippen molar-refractivity contribution >= 4 is 45.5 Å². The van der Waals surface area contributed by atoms with Crippen LogP contribution in [-0.2, 0) is 9.59 Å². The Balaban J connectivity index is 1.52. The fourth-order valence-corrected chi connectivity index (χ4v) is 3.87. The number of fused-ring (bicyclic) bond motifs is 1. The lowest BCUT2D eigenvalue weighted by atomic mass is 10.1. The third-order valence-electron chi connectivity index (χ3n) is 4.67. The highest BCUT2D eigenvalue weighted by molar-refractivity contribution is 8.18. The molecule has 0 aliphatic carbocycles. The van der Waals surface area contributed by atoms with Crippen molar-refractivity contribution in [2.75, 3.05) is 6.61 Å². The molecule has 1 heterocycles. The Hall–Kier alpha value is -2.60. The molecule has 5 nitrogen and oxygen atoms in total. The zero-order valence-electron chi connectivity index (χ0n) is 16.5. The van der Waals surface area contributed by atoms with Gasteiger partial charge in [0, 0.05) is 12.8 Å². The minimum absolute atomic E-state index is 0.337. The van der Waals surface area contributed by atoms with Gasteiger partial charge in [0.05, 0.1) is 11.5 Å². The molecule has 29 heavy (non-hydrogen) atoms. The van der Waals surface area contributed by atoms with E-state index in [1.807, 2.05) is 43.3 Å². The van der Waals surface area contributed by atoms with Gasteiger partial charge in [0.2, 0.25) is 0 Å². The van der Waals surface area contributed by atoms with Crippen LogP contribution in [0.15, 0.2) is 41.3 Å². The number of ketones is 1. The Bertz CT molecular complexity index is 951. The highest BCUT2D eigenvalue weighted by Gasteiger charge is 2.24. The van der Waals surface area contributed by atoms with E-state index in [2.05, 4.69) is 5.32 Å². The van der Waals surface area contributed by atoms with Gasteiger partial charge in [0.15, 0.2) is 0 Å². The molecule has 1 saturated heterocycles. The summed E-state index contributed by atoms with van der Waals surface area (Å²) in [5, 5.41) is 4.01. The number of carbonyl (C=O) groups excluding carboxylic acids is 3. The first-order valence-corrected chi connectivity index (χ1v) is 10.8. The van der Waals surface area contributed by atoms with Crippen LogP contribution >= 0.6 is 11.8 Å². The number of rotatable bonds is 10. The van der Waals surface area contributed by atoms with Gasteiger partial charge in [-0.25, -0.2) is 0 Å². The van der Waals surface area contributed by atoms with E-state index in [4.69, 9.17) is 4.74 Å². The van der Waals surface area contributed by atoms with E-state index in [0.29, 0.717) is 30.1 Å². The highest BCUT2D eigenvalue weighted by atomic mass is 32.2. The molecule has 0 atom stereocenters. The number of nitrogens with one attached hydrogen (secondary N) is 1. The zero-order chi connectivity index (χ0) is 20.6. The average molecular weight is 412 g/mol. The normalized spacial score (nSPS) is 15.1. The van der Waals surface area contributed by atoms with Crippen molar-refractivity contribution in [1.82, 2.24) is 5.32 Å². The number of carbonyl (C=O) groups is 3. The van der Waals surface area contributed by atoms with E-state index in [-0.39, 0.29) is 11.1 Å². The van der Waals surface area contributed by atoms with Crippen LogP contribution in [0.4, 0.5) is 4.79 Å². The molecule has 1 aliphatic heterocycles. The minimum atomic E-state index is -0.349. The van der Waals surface area contributed by atoms with E-state index in [1.54, 1.807) is 6.08 Å². The van der Waals surface area contributed by atoms with Crippen molar-refractivity contribution in [2.45, 2.75) is 45.4 Å². The number of ether oxygens (including phenoxy) is 1. The van der Waals surface area contributed by atoms with Gasteiger partial charge in [-0.1, -0.05) is 25.1 Å². The summed E-state index contributed by atoms with van der Waals surface area (Å²) in [6.07, 6.45) is 6.88. The Labute approximate surface area is 174 Å². The molecule has 152 valence electrons. The zero-order valence-corrected chi connectivity index (χ0v) is 17.3. The number of thioether (sulfide) groups is 1. The molecule has 0 aromatic heterocycles. The number of amides is 2. The minimum Gasteiger partial charge on any atom is -0.494 e. The van der Waals surface area contributed by atoms with Gasteiger partial charge >= 0.3 is 0 Å². The van der Waals surface area contributed by atoms with Crippen molar-refractivity contribution in [3.05, 3.63) is 46.9 Å². The average Bonchev–Trinajstić information content (AvgIpc) is 3.01. The van der Waals surface area contributed by atoms with Crippen LogP contribution in [0, 0.1) is 0 Å². The second-order valence-electron chi connectivity index (χ2n) is 7.07. The van der Waals surface area contributed by atoms with E-state index in [1.165, 1.54) is 0 Å². The monoisotopic (exact) mass is 411 g/mol. The summed E-state index contributed by atoms with van der Waals surface area (Å²) in [5.74, 6) is 0.831. The number of hydrogen-bond acceptors (Lipinski definition) is 5. The predicted molar refractivity (Wildman–Crippen MR) is 117 cm³/mol. The summed E-state index contributed by atoms with van der Waals surface area (Å²) < 4.78 is 5.84. The lowest BCUT2D eigenvalue weighted by Crippen LogP contribution is -2.17. The third kappa shape index (κ3) is 6.19. The van der Waals surface area contributed by atoms with Crippen LogP contribution in [-0.4, -0.2) is 23.5 Å². The van der Waals surface area contributed by atoms with Crippen molar-refractivity contribution in [2.24, 2.45) is 0 Å². The summed E-state index contributed by atoms with van der Waals surface area (Å²) in [6, 6.07) is 11.8. The molecule has 0 bridgehead atoms. The quantitative estimate of drug-likeness (QED) is 0.414. The standard InChI is InChI=1S/C23H25NO4S/c1-2-6-19(25)7-4-3-5-12-28-20-11-10-17-13-16(8-9-18(17)15-20)14-21-22(26)24-23(27)29-21/h8-11,13-15H,2-7,12H2,1H3,(H,24,26,27)/b21-14-. The van der Waals surface area contributed by atoms with Crippen LogP contribution in [0.3, 0.4) is 0 Å². The maximum Gasteiger partial charge on any atom is 0.290 e. The number of unbranched alkanes of at least 4 members (excludes halogenated alkanes) is 2. The third-order valence-corrected chi connectivity index (χ3v) is 5.48. The van der Waals surface area contributed by atoms with Gasteiger partial charge < -0.3 is 4.74 Å². The summed E-state index contributed by atoms with van der Waals surface area (Å²) in [4.78, 5) is 34.8. The van der Waals surface area contributed by atoms with E-state index >= 15 is 0 Å². The van der Waals surface area contributed by atoms with Gasteiger partial charge in [-0.15, -0.1) is 0 Å². The molecular formula is C23H25NO4S. The molecular weight excluding hydrogens is 386 g/mol. The lowest BCUT2D eigenvalue weighted by molar-refractivity contribution is -0.119. The maximum atomic E-state index is 11.7. The molecule has 1 N–H and O–H groups in total. The fraction of sp³-hybridized carbons (Fsp3) is 0.348. The molecule has 2 aromatic carbocycles. The smallest absolute Gasteiger partial charge is 0.290 e. The molecule has 6 heteroatoms. The maximum absolute atomic E-state index is 11.7. The Kier molecular flexibility index (Phi) is 7.47. The Morgan fingerprint density at radius 1 is 1.03 bits per heavy atom. The Morgan fingerprint density at radius 3 is 2.59 bits per heavy atom. The number of hydrogen-bond donors (Lipinski definition) is 1. The molecule has 0 saturated carbocycles. The van der Waals surface area contributed by atoms with Crippen LogP contribution in [0.1, 0.15) is 51.0 Å². The van der Waals surface area contributed by atoms with Crippen LogP contribution in [0.25, 0.3) is 16.8 Å². The van der Waals surface area contributed by atoms with Crippen molar-refractivity contribution < 1.29 is 19.1 Å². The Morgan fingerprint density at radius 2 is 1.83 bits per heavy atom. The first kappa shape index (κ1) is 21.1. The second-order valence-corrected chi connectivity index (χ2v) is 8.08. The topological polar surface area (TPSA) is 72.5 Å². The van der Waals surface area contributed by atoms with Gasteiger partial charge in [-0.3, -0.25) is 19.7 Å². The predicted octanol–water partition coefficient (Wildman–Crippen LogP) is 5.47. The van der Waals surface area contributed by atoms with Crippen molar-refractivity contribution in [3.8, 4) is 5.75 Å². The number of Topliss-reactive ketones (excluding diaryl/α,β-unsaturated/α-hetero) is 1. The number of imide groups is 1. The summed E-state index contributed by atoms with van der Waals surface area (Å²) in [7, 11) is 0. The highest BCUT2D eigenvalue weighted by Crippen LogP contribution is 2.28. The SMILES string of the molecule is CCCC(=O)CCCCCOc1ccc2cc(/C=C3\SC(=O)NC3=O)ccc2c1. The van der Waals surface area contributed by atoms with Crippen LogP contribution in [0.2, 0.25) is 0 Å². The van der Waals surface area contributed by atoms with Gasteiger partial charge in [0.25, 0.3) is 11.1 Å². The molecule has 1 aliphatic rings. The number of benzene rings is 2. The molecule has 0 radical (unpaired) electrons. The second kappa shape index (κ2) is 10.3. The molecule has 0 spiro atoms.